The van der Waals surface area contributed by atoms with Gasteiger partial charge in [-0.05, 0) is 47.0 Å². The van der Waals surface area contributed by atoms with Gasteiger partial charge in [0.15, 0.2) is 0 Å². The maximum atomic E-state index is 5.23. The third kappa shape index (κ3) is 1.41. The Morgan fingerprint density at radius 2 is 2.31 bits per heavy atom. The molecule has 0 radical (unpaired) electrons. The first-order valence-corrected chi connectivity index (χ1v) is 5.13. The van der Waals surface area contributed by atoms with Crippen LogP contribution in [0.2, 0.25) is 0 Å². The van der Waals surface area contributed by atoms with Crippen molar-refractivity contribution in [2.24, 2.45) is 0 Å². The zero-order chi connectivity index (χ0) is 9.42. The monoisotopic (exact) mass is 241 g/mol. The molecular weight excluding hydrogens is 230 g/mol. The molecule has 1 aromatic carbocycles. The van der Waals surface area contributed by atoms with Crippen LogP contribution in [0.15, 0.2) is 16.6 Å². The molecule has 0 bridgehead atoms. The van der Waals surface area contributed by atoms with Crippen LogP contribution in [0.5, 0.6) is 5.75 Å². The van der Waals surface area contributed by atoms with Gasteiger partial charge in [0.1, 0.15) is 5.75 Å². The first kappa shape index (κ1) is 8.88. The summed E-state index contributed by atoms with van der Waals surface area (Å²) in [6.07, 6.45) is 1.06. The number of anilines is 1. The minimum atomic E-state index is 0.526. The molecule has 0 spiro atoms. The Morgan fingerprint density at radius 1 is 1.54 bits per heavy atom. The second-order valence-electron chi connectivity index (χ2n) is 3.36. The van der Waals surface area contributed by atoms with Crippen molar-refractivity contribution >= 4 is 21.6 Å². The van der Waals surface area contributed by atoms with E-state index >= 15 is 0 Å². The molecule has 3 heteroatoms. The van der Waals surface area contributed by atoms with Gasteiger partial charge < -0.3 is 10.1 Å². The molecule has 1 aliphatic heterocycles. The summed E-state index contributed by atoms with van der Waals surface area (Å²) in [5.41, 5.74) is 2.55. The topological polar surface area (TPSA) is 21.3 Å². The molecule has 1 unspecified atom stereocenters. The van der Waals surface area contributed by atoms with Gasteiger partial charge in [-0.2, -0.15) is 0 Å². The molecule has 1 atom stereocenters. The molecule has 1 heterocycles. The summed E-state index contributed by atoms with van der Waals surface area (Å²) in [6.45, 7) is 2.18. The second-order valence-corrected chi connectivity index (χ2v) is 4.15. The van der Waals surface area contributed by atoms with Gasteiger partial charge in [-0.15, -0.1) is 0 Å². The van der Waals surface area contributed by atoms with Gasteiger partial charge in [0, 0.05) is 11.7 Å². The molecule has 1 N–H and O–H groups in total. The number of hydrogen-bond acceptors (Lipinski definition) is 2. The van der Waals surface area contributed by atoms with Crippen molar-refractivity contribution in [1.29, 1.82) is 0 Å². The lowest BCUT2D eigenvalue weighted by Crippen LogP contribution is -2.08. The molecule has 0 fully saturated rings. The molecule has 1 aliphatic rings. The van der Waals surface area contributed by atoms with Crippen LogP contribution in [0.3, 0.4) is 0 Å². The number of nitrogens with one attached hydrogen (secondary N) is 1. The van der Waals surface area contributed by atoms with Crippen LogP contribution in [0.4, 0.5) is 5.69 Å². The lowest BCUT2D eigenvalue weighted by Gasteiger charge is -2.07. The summed E-state index contributed by atoms with van der Waals surface area (Å²) >= 11 is 3.55. The van der Waals surface area contributed by atoms with E-state index in [1.165, 1.54) is 11.3 Å². The third-order valence-electron chi connectivity index (χ3n) is 2.34. The summed E-state index contributed by atoms with van der Waals surface area (Å²) in [5.74, 6) is 0.912. The molecule has 0 amide bonds. The van der Waals surface area contributed by atoms with Gasteiger partial charge in [0.25, 0.3) is 0 Å². The molecular formula is C10H12BrNO. The van der Waals surface area contributed by atoms with Crippen LogP contribution >= 0.6 is 15.9 Å². The highest BCUT2D eigenvalue weighted by Gasteiger charge is 2.20. The number of halogens is 1. The summed E-state index contributed by atoms with van der Waals surface area (Å²) in [6, 6.07) is 4.58. The lowest BCUT2D eigenvalue weighted by atomic mass is 10.1. The van der Waals surface area contributed by atoms with Crippen molar-refractivity contribution in [2.45, 2.75) is 19.4 Å². The maximum absolute atomic E-state index is 5.23. The molecule has 13 heavy (non-hydrogen) atoms. The smallest absolute Gasteiger partial charge is 0.133 e. The average Bonchev–Trinajstić information content (AvgIpc) is 2.47. The van der Waals surface area contributed by atoms with Crippen LogP contribution in [-0.4, -0.2) is 13.2 Å². The van der Waals surface area contributed by atoms with Crippen molar-refractivity contribution in [3.8, 4) is 5.75 Å². The number of hydrogen-bond donors (Lipinski definition) is 1. The van der Waals surface area contributed by atoms with Crippen LogP contribution in [0.25, 0.3) is 0 Å². The van der Waals surface area contributed by atoms with Crippen LogP contribution < -0.4 is 10.1 Å². The van der Waals surface area contributed by atoms with Crippen molar-refractivity contribution in [3.05, 3.63) is 22.2 Å². The lowest BCUT2D eigenvalue weighted by molar-refractivity contribution is 0.411. The summed E-state index contributed by atoms with van der Waals surface area (Å²) in [7, 11) is 1.69. The van der Waals surface area contributed by atoms with E-state index in [1.807, 2.05) is 6.07 Å². The highest BCUT2D eigenvalue weighted by Crippen LogP contribution is 2.38. The van der Waals surface area contributed by atoms with Crippen molar-refractivity contribution in [3.63, 3.8) is 0 Å². The zero-order valence-corrected chi connectivity index (χ0v) is 9.31. The van der Waals surface area contributed by atoms with Gasteiger partial charge >= 0.3 is 0 Å². The minimum absolute atomic E-state index is 0.526. The predicted molar refractivity (Wildman–Crippen MR) is 57.5 cm³/mol. The number of ether oxygens (including phenoxy) is 1. The average molecular weight is 242 g/mol. The number of rotatable bonds is 1. The fraction of sp³-hybridized carbons (Fsp3) is 0.400. The third-order valence-corrected chi connectivity index (χ3v) is 3.21. The minimum Gasteiger partial charge on any atom is -0.496 e. The SMILES string of the molecule is COc1ccc2c(c1Br)CC(C)N2. The first-order valence-electron chi connectivity index (χ1n) is 4.34. The van der Waals surface area contributed by atoms with Crippen molar-refractivity contribution < 1.29 is 4.74 Å². The number of benzene rings is 1. The van der Waals surface area contributed by atoms with E-state index in [-0.39, 0.29) is 0 Å². The summed E-state index contributed by atoms with van der Waals surface area (Å²) in [4.78, 5) is 0. The second kappa shape index (κ2) is 3.22. The number of methoxy groups -OCH3 is 1. The normalized spacial score (nSPS) is 19.5. The molecule has 0 aromatic heterocycles. The van der Waals surface area contributed by atoms with Gasteiger partial charge in [-0.3, -0.25) is 0 Å². The molecule has 70 valence electrons. The Kier molecular flexibility index (Phi) is 2.20. The largest absolute Gasteiger partial charge is 0.496 e. The standard InChI is InChI=1S/C10H12BrNO/c1-6-5-7-8(12-6)3-4-9(13-2)10(7)11/h3-4,6,12H,5H2,1-2H3. The Morgan fingerprint density at radius 3 is 3.00 bits per heavy atom. The molecule has 2 rings (SSSR count). The summed E-state index contributed by atoms with van der Waals surface area (Å²) < 4.78 is 6.32. The molecule has 0 saturated carbocycles. The van der Waals surface area contributed by atoms with Crippen molar-refractivity contribution in [2.75, 3.05) is 12.4 Å². The Bertz CT molecular complexity index is 338. The van der Waals surface area contributed by atoms with Gasteiger partial charge in [-0.1, -0.05) is 0 Å². The zero-order valence-electron chi connectivity index (χ0n) is 7.73. The maximum Gasteiger partial charge on any atom is 0.133 e. The number of fused-ring (bicyclic) bond motifs is 1. The van der Waals surface area contributed by atoms with E-state index in [9.17, 15) is 0 Å². The molecule has 0 saturated heterocycles. The summed E-state index contributed by atoms with van der Waals surface area (Å²) in [5, 5.41) is 3.40. The first-order chi connectivity index (χ1) is 6.22. The fourth-order valence-electron chi connectivity index (χ4n) is 1.71. The Labute approximate surface area is 86.4 Å². The van der Waals surface area contributed by atoms with Gasteiger partial charge in [0.05, 0.1) is 11.6 Å². The van der Waals surface area contributed by atoms with E-state index in [0.29, 0.717) is 6.04 Å². The van der Waals surface area contributed by atoms with Crippen LogP contribution in [0.1, 0.15) is 12.5 Å². The molecule has 1 aromatic rings. The molecule has 2 nitrogen and oxygen atoms in total. The van der Waals surface area contributed by atoms with E-state index in [1.54, 1.807) is 7.11 Å². The quantitative estimate of drug-likeness (QED) is 0.817. The van der Waals surface area contributed by atoms with E-state index < -0.39 is 0 Å². The Hall–Kier alpha value is -0.700. The van der Waals surface area contributed by atoms with Crippen LogP contribution in [0, 0.1) is 0 Å². The highest BCUT2D eigenvalue weighted by atomic mass is 79.9. The highest BCUT2D eigenvalue weighted by molar-refractivity contribution is 9.10. The van der Waals surface area contributed by atoms with Gasteiger partial charge in [-0.25, -0.2) is 0 Å². The van der Waals surface area contributed by atoms with Gasteiger partial charge in [0.2, 0.25) is 0 Å². The van der Waals surface area contributed by atoms with E-state index in [0.717, 1.165) is 16.6 Å². The van der Waals surface area contributed by atoms with Crippen LogP contribution in [-0.2, 0) is 6.42 Å². The van der Waals surface area contributed by atoms with E-state index in [2.05, 4.69) is 34.2 Å². The fourth-order valence-corrected chi connectivity index (χ4v) is 2.38. The predicted octanol–water partition coefficient (Wildman–Crippen LogP) is 2.81. The van der Waals surface area contributed by atoms with E-state index in [4.69, 9.17) is 4.74 Å². The Balaban J connectivity index is 2.48. The molecule has 0 aliphatic carbocycles. The van der Waals surface area contributed by atoms with Crippen molar-refractivity contribution in [1.82, 2.24) is 0 Å².